The molecule has 2 amide bonds. The van der Waals surface area contributed by atoms with Crippen molar-refractivity contribution in [3.63, 3.8) is 0 Å². The van der Waals surface area contributed by atoms with Crippen LogP contribution in [0.3, 0.4) is 0 Å². The zero-order valence-corrected chi connectivity index (χ0v) is 13.1. The SMILES string of the molecule is Cc1[nH]c2c(F)cc(F)cc2c1CCNC(=O)Nc1ccccc1. The monoisotopic (exact) mass is 329 g/mol. The number of fused-ring (bicyclic) bond motifs is 1. The minimum Gasteiger partial charge on any atom is -0.356 e. The Morgan fingerprint density at radius 3 is 2.67 bits per heavy atom. The highest BCUT2D eigenvalue weighted by atomic mass is 19.1. The van der Waals surface area contributed by atoms with Gasteiger partial charge in [0.25, 0.3) is 0 Å². The third kappa shape index (κ3) is 3.37. The van der Waals surface area contributed by atoms with Gasteiger partial charge in [-0.25, -0.2) is 13.6 Å². The van der Waals surface area contributed by atoms with E-state index in [0.29, 0.717) is 24.0 Å². The first-order chi connectivity index (χ1) is 11.5. The summed E-state index contributed by atoms with van der Waals surface area (Å²) in [5, 5.41) is 5.96. The smallest absolute Gasteiger partial charge is 0.319 e. The van der Waals surface area contributed by atoms with E-state index >= 15 is 0 Å². The van der Waals surface area contributed by atoms with Crippen LogP contribution in [-0.2, 0) is 6.42 Å². The number of benzene rings is 2. The van der Waals surface area contributed by atoms with Gasteiger partial charge >= 0.3 is 6.03 Å². The minimum absolute atomic E-state index is 0.289. The van der Waals surface area contributed by atoms with Gasteiger partial charge in [0.05, 0.1) is 5.52 Å². The van der Waals surface area contributed by atoms with Crippen molar-refractivity contribution in [1.29, 1.82) is 0 Å². The molecule has 0 aliphatic carbocycles. The van der Waals surface area contributed by atoms with E-state index in [9.17, 15) is 13.6 Å². The Labute approximate surface area is 137 Å². The topological polar surface area (TPSA) is 56.9 Å². The van der Waals surface area contributed by atoms with Crippen LogP contribution in [0, 0.1) is 18.6 Å². The molecule has 3 N–H and O–H groups in total. The lowest BCUT2D eigenvalue weighted by Gasteiger charge is -2.08. The number of nitrogens with one attached hydrogen (secondary N) is 3. The number of aromatic nitrogens is 1. The van der Waals surface area contributed by atoms with Crippen molar-refractivity contribution in [2.45, 2.75) is 13.3 Å². The Morgan fingerprint density at radius 2 is 1.92 bits per heavy atom. The van der Waals surface area contributed by atoms with Crippen molar-refractivity contribution in [2.24, 2.45) is 0 Å². The number of aryl methyl sites for hydroxylation is 1. The molecule has 0 fully saturated rings. The number of urea groups is 1. The molecular weight excluding hydrogens is 312 g/mol. The summed E-state index contributed by atoms with van der Waals surface area (Å²) in [4.78, 5) is 14.8. The van der Waals surface area contributed by atoms with E-state index in [-0.39, 0.29) is 11.5 Å². The maximum absolute atomic E-state index is 13.8. The van der Waals surface area contributed by atoms with Crippen LogP contribution >= 0.6 is 0 Å². The molecule has 1 heterocycles. The number of hydrogen-bond acceptors (Lipinski definition) is 1. The summed E-state index contributed by atoms with van der Waals surface area (Å²) in [7, 11) is 0. The lowest BCUT2D eigenvalue weighted by Crippen LogP contribution is -2.30. The molecule has 0 atom stereocenters. The number of H-pyrrole nitrogens is 1. The molecule has 0 unspecified atom stereocenters. The fraction of sp³-hybridized carbons (Fsp3) is 0.167. The van der Waals surface area contributed by atoms with Crippen LogP contribution in [-0.4, -0.2) is 17.6 Å². The Balaban J connectivity index is 1.66. The van der Waals surface area contributed by atoms with Gasteiger partial charge in [-0.3, -0.25) is 0 Å². The highest BCUT2D eigenvalue weighted by Crippen LogP contribution is 2.25. The number of carbonyl (C=O) groups excluding carboxylic acids is 1. The summed E-state index contributed by atoms with van der Waals surface area (Å²) < 4.78 is 27.2. The molecule has 2 aromatic carbocycles. The van der Waals surface area contributed by atoms with Crippen LogP contribution in [0.2, 0.25) is 0 Å². The summed E-state index contributed by atoms with van der Waals surface area (Å²) in [6.07, 6.45) is 0.469. The Morgan fingerprint density at radius 1 is 1.17 bits per heavy atom. The van der Waals surface area contributed by atoms with E-state index in [1.54, 1.807) is 19.1 Å². The second-order valence-electron chi connectivity index (χ2n) is 5.54. The van der Waals surface area contributed by atoms with E-state index in [2.05, 4.69) is 15.6 Å². The number of anilines is 1. The summed E-state index contributed by atoms with van der Waals surface area (Å²) in [5.74, 6) is -1.23. The van der Waals surface area contributed by atoms with Gasteiger partial charge in [-0.15, -0.1) is 0 Å². The third-order valence-electron chi connectivity index (χ3n) is 3.84. The first-order valence-electron chi connectivity index (χ1n) is 7.60. The van der Waals surface area contributed by atoms with Crippen LogP contribution in [0.1, 0.15) is 11.3 Å². The lowest BCUT2D eigenvalue weighted by atomic mass is 10.1. The Kier molecular flexibility index (Phi) is 4.46. The highest BCUT2D eigenvalue weighted by Gasteiger charge is 2.13. The van der Waals surface area contributed by atoms with Gasteiger partial charge in [0.1, 0.15) is 11.6 Å². The molecule has 0 aliphatic heterocycles. The van der Waals surface area contributed by atoms with Gasteiger partial charge in [-0.05, 0) is 37.1 Å². The standard InChI is InChI=1S/C18H17F2N3O/c1-11-14(15-9-12(19)10-16(20)17(15)22-11)7-8-21-18(24)23-13-5-3-2-4-6-13/h2-6,9-10,22H,7-8H2,1H3,(H2,21,23,24). The minimum atomic E-state index is -0.617. The molecule has 124 valence electrons. The quantitative estimate of drug-likeness (QED) is 0.662. The van der Waals surface area contributed by atoms with Gasteiger partial charge < -0.3 is 15.6 Å². The molecule has 0 saturated heterocycles. The molecule has 0 saturated carbocycles. The van der Waals surface area contributed by atoms with Gasteiger partial charge in [-0.1, -0.05) is 18.2 Å². The Hall–Kier alpha value is -2.89. The molecule has 4 nitrogen and oxygen atoms in total. The number of hydrogen-bond donors (Lipinski definition) is 3. The van der Waals surface area contributed by atoms with Crippen molar-refractivity contribution in [2.75, 3.05) is 11.9 Å². The van der Waals surface area contributed by atoms with Crippen LogP contribution < -0.4 is 10.6 Å². The fourth-order valence-corrected chi connectivity index (χ4v) is 2.72. The van der Waals surface area contributed by atoms with Crippen molar-refractivity contribution in [3.05, 3.63) is 65.4 Å². The first-order valence-corrected chi connectivity index (χ1v) is 7.60. The van der Waals surface area contributed by atoms with E-state index in [0.717, 1.165) is 17.3 Å². The van der Waals surface area contributed by atoms with E-state index < -0.39 is 11.6 Å². The van der Waals surface area contributed by atoms with Crippen LogP contribution in [0.5, 0.6) is 0 Å². The average molecular weight is 329 g/mol. The van der Waals surface area contributed by atoms with Crippen molar-refractivity contribution in [3.8, 4) is 0 Å². The maximum Gasteiger partial charge on any atom is 0.319 e. The lowest BCUT2D eigenvalue weighted by molar-refractivity contribution is 0.252. The predicted octanol–water partition coefficient (Wildman–Crippen LogP) is 4.12. The van der Waals surface area contributed by atoms with Gasteiger partial charge in [0.15, 0.2) is 0 Å². The number of halogens is 2. The molecule has 0 spiro atoms. The van der Waals surface area contributed by atoms with E-state index in [1.165, 1.54) is 6.07 Å². The summed E-state index contributed by atoms with van der Waals surface area (Å²) >= 11 is 0. The van der Waals surface area contributed by atoms with Gasteiger partial charge in [-0.2, -0.15) is 0 Å². The molecule has 0 radical (unpaired) electrons. The number of amides is 2. The molecular formula is C18H17F2N3O. The number of rotatable bonds is 4. The number of carbonyl (C=O) groups is 1. The van der Waals surface area contributed by atoms with Crippen LogP contribution in [0.4, 0.5) is 19.3 Å². The second-order valence-corrected chi connectivity index (χ2v) is 5.54. The van der Waals surface area contributed by atoms with E-state index in [1.807, 2.05) is 18.2 Å². The first kappa shape index (κ1) is 16.0. The fourth-order valence-electron chi connectivity index (χ4n) is 2.72. The summed E-state index contributed by atoms with van der Waals surface area (Å²) in [5.41, 5.74) is 2.54. The normalized spacial score (nSPS) is 10.8. The average Bonchev–Trinajstić information content (AvgIpc) is 2.85. The van der Waals surface area contributed by atoms with Gasteiger partial charge in [0.2, 0.25) is 0 Å². The maximum atomic E-state index is 13.8. The molecule has 24 heavy (non-hydrogen) atoms. The van der Waals surface area contributed by atoms with Crippen molar-refractivity contribution in [1.82, 2.24) is 10.3 Å². The van der Waals surface area contributed by atoms with Crippen LogP contribution in [0.15, 0.2) is 42.5 Å². The largest absolute Gasteiger partial charge is 0.356 e. The van der Waals surface area contributed by atoms with Crippen molar-refractivity contribution >= 4 is 22.6 Å². The predicted molar refractivity (Wildman–Crippen MR) is 90.1 cm³/mol. The second kappa shape index (κ2) is 6.70. The Bertz CT molecular complexity index is 875. The third-order valence-corrected chi connectivity index (χ3v) is 3.84. The molecule has 0 bridgehead atoms. The summed E-state index contributed by atoms with van der Waals surface area (Å²) in [6, 6.07) is 10.9. The number of para-hydroxylation sites is 1. The molecule has 6 heteroatoms. The zero-order valence-electron chi connectivity index (χ0n) is 13.1. The number of aromatic amines is 1. The summed E-state index contributed by atoms with van der Waals surface area (Å²) in [6.45, 7) is 2.15. The highest BCUT2D eigenvalue weighted by molar-refractivity contribution is 5.89. The molecule has 0 aliphatic rings. The zero-order chi connectivity index (χ0) is 17.1. The van der Waals surface area contributed by atoms with Gasteiger partial charge in [0, 0.05) is 29.4 Å². The van der Waals surface area contributed by atoms with E-state index in [4.69, 9.17) is 0 Å². The molecule has 1 aromatic heterocycles. The van der Waals surface area contributed by atoms with Crippen molar-refractivity contribution < 1.29 is 13.6 Å². The molecule has 3 aromatic rings. The molecule has 3 rings (SSSR count). The van der Waals surface area contributed by atoms with Crippen LogP contribution in [0.25, 0.3) is 10.9 Å².